The summed E-state index contributed by atoms with van der Waals surface area (Å²) in [5, 5.41) is 3.31. The Balaban J connectivity index is 2.52. The highest BCUT2D eigenvalue weighted by molar-refractivity contribution is 7.13. The Kier molecular flexibility index (Phi) is 2.09. The Morgan fingerprint density at radius 3 is 3.00 bits per heavy atom. The number of H-pyrrole nitrogens is 1. The fourth-order valence-corrected chi connectivity index (χ4v) is 2.00. The quantitative estimate of drug-likeness (QED) is 0.746. The van der Waals surface area contributed by atoms with Crippen molar-refractivity contribution in [1.82, 2.24) is 4.37 Å². The van der Waals surface area contributed by atoms with Gasteiger partial charge in [0, 0.05) is 12.6 Å². The second-order valence-corrected chi connectivity index (χ2v) is 3.77. The predicted molar refractivity (Wildman–Crippen MR) is 56.7 cm³/mol. The van der Waals surface area contributed by atoms with Gasteiger partial charge in [0.1, 0.15) is 0 Å². The van der Waals surface area contributed by atoms with Gasteiger partial charge in [0.05, 0.1) is 10.1 Å². The van der Waals surface area contributed by atoms with E-state index in [0.717, 1.165) is 4.70 Å². The third kappa shape index (κ3) is 1.54. The van der Waals surface area contributed by atoms with Crippen LogP contribution in [0.3, 0.4) is 0 Å². The normalized spacial score (nSPS) is 10.4. The molecule has 2 N–H and O–H groups in total. The van der Waals surface area contributed by atoms with Crippen molar-refractivity contribution in [2.24, 2.45) is 0 Å². The van der Waals surface area contributed by atoms with E-state index in [4.69, 9.17) is 0 Å². The molecule has 1 aromatic carbocycles. The Morgan fingerprint density at radius 2 is 2.29 bits per heavy atom. The zero-order chi connectivity index (χ0) is 10.1. The predicted octanol–water partition coefficient (Wildman–Crippen LogP) is 1.55. The number of rotatable bonds is 1. The number of nitrogens with one attached hydrogen (secondary N) is 2. The van der Waals surface area contributed by atoms with Crippen LogP contribution in [0, 0.1) is 0 Å². The number of aromatic amines is 1. The molecule has 0 aliphatic carbocycles. The maximum absolute atomic E-state index is 11.2. The van der Waals surface area contributed by atoms with Crippen molar-refractivity contribution in [3.8, 4) is 0 Å². The zero-order valence-corrected chi connectivity index (χ0v) is 8.27. The summed E-state index contributed by atoms with van der Waals surface area (Å²) in [6, 6.07) is 5.20. The van der Waals surface area contributed by atoms with Gasteiger partial charge in [0.2, 0.25) is 5.91 Å². The van der Waals surface area contributed by atoms with Crippen molar-refractivity contribution in [2.75, 3.05) is 5.32 Å². The van der Waals surface area contributed by atoms with Gasteiger partial charge in [-0.05, 0) is 18.2 Å². The van der Waals surface area contributed by atoms with Crippen LogP contribution in [0.2, 0.25) is 0 Å². The van der Waals surface area contributed by atoms with E-state index in [0.29, 0.717) is 11.1 Å². The van der Waals surface area contributed by atoms with E-state index in [1.165, 1.54) is 18.5 Å². The summed E-state index contributed by atoms with van der Waals surface area (Å²) in [6.45, 7) is 1.45. The van der Waals surface area contributed by atoms with Crippen molar-refractivity contribution >= 4 is 33.2 Å². The number of carbonyl (C=O) groups excluding carboxylic acids is 1. The molecule has 0 unspecified atom stereocenters. The first-order valence-corrected chi connectivity index (χ1v) is 4.87. The summed E-state index contributed by atoms with van der Waals surface area (Å²) in [7, 11) is 0. The molecular weight excluding hydrogens is 200 g/mol. The van der Waals surface area contributed by atoms with E-state index in [9.17, 15) is 9.59 Å². The van der Waals surface area contributed by atoms with E-state index in [1.54, 1.807) is 18.2 Å². The van der Waals surface area contributed by atoms with Crippen LogP contribution < -0.4 is 10.9 Å². The van der Waals surface area contributed by atoms with Crippen molar-refractivity contribution in [3.05, 3.63) is 28.6 Å². The van der Waals surface area contributed by atoms with Crippen molar-refractivity contribution in [2.45, 2.75) is 6.92 Å². The smallest absolute Gasteiger partial charge is 0.265 e. The average Bonchev–Trinajstić information content (AvgIpc) is 2.46. The Labute approximate surface area is 83.7 Å². The maximum atomic E-state index is 11.2. The van der Waals surface area contributed by atoms with Crippen LogP contribution >= 0.6 is 11.5 Å². The van der Waals surface area contributed by atoms with Crippen LogP contribution in [0.15, 0.2) is 23.0 Å². The molecule has 14 heavy (non-hydrogen) atoms. The molecule has 0 aliphatic rings. The number of anilines is 1. The first-order valence-electron chi connectivity index (χ1n) is 4.05. The maximum Gasteiger partial charge on any atom is 0.265 e. The molecule has 0 saturated heterocycles. The summed E-state index contributed by atoms with van der Waals surface area (Å²) in [6.07, 6.45) is 0. The summed E-state index contributed by atoms with van der Waals surface area (Å²) >= 11 is 1.27. The summed E-state index contributed by atoms with van der Waals surface area (Å²) in [5.41, 5.74) is 0.625. The first kappa shape index (κ1) is 8.96. The number of benzene rings is 1. The second-order valence-electron chi connectivity index (χ2n) is 2.93. The van der Waals surface area contributed by atoms with Gasteiger partial charge < -0.3 is 5.32 Å². The van der Waals surface area contributed by atoms with Gasteiger partial charge in [0.25, 0.3) is 5.56 Å². The van der Waals surface area contributed by atoms with Gasteiger partial charge in [-0.1, -0.05) is 11.5 Å². The Bertz CT molecular complexity index is 541. The molecule has 4 nitrogen and oxygen atoms in total. The van der Waals surface area contributed by atoms with E-state index in [2.05, 4.69) is 9.69 Å². The average molecular weight is 208 g/mol. The van der Waals surface area contributed by atoms with Crippen LogP contribution in [0.1, 0.15) is 6.92 Å². The number of aromatic nitrogens is 1. The molecule has 1 heterocycles. The SMILES string of the molecule is CC(=O)Nc1ccc2c(=O)[nH]sc2c1. The van der Waals surface area contributed by atoms with Gasteiger partial charge in [-0.15, -0.1) is 0 Å². The van der Waals surface area contributed by atoms with Gasteiger partial charge in [-0.3, -0.25) is 14.0 Å². The molecule has 0 saturated carbocycles. The molecule has 72 valence electrons. The molecule has 0 bridgehead atoms. The lowest BCUT2D eigenvalue weighted by Crippen LogP contribution is -2.05. The minimum Gasteiger partial charge on any atom is -0.326 e. The highest BCUT2D eigenvalue weighted by Gasteiger charge is 2.02. The van der Waals surface area contributed by atoms with Gasteiger partial charge >= 0.3 is 0 Å². The number of fused-ring (bicyclic) bond motifs is 1. The lowest BCUT2D eigenvalue weighted by Gasteiger charge is -1.99. The standard InChI is InChI=1S/C9H8N2O2S/c1-5(12)10-6-2-3-7-8(4-6)14-11-9(7)13/h2-4H,1H3,(H,10,12)(H,11,13). The van der Waals surface area contributed by atoms with Crippen molar-refractivity contribution < 1.29 is 4.79 Å². The van der Waals surface area contributed by atoms with Crippen LogP contribution in [0.25, 0.3) is 10.1 Å². The van der Waals surface area contributed by atoms with E-state index in [-0.39, 0.29) is 11.5 Å². The zero-order valence-electron chi connectivity index (χ0n) is 7.46. The van der Waals surface area contributed by atoms with Crippen LogP contribution in [-0.2, 0) is 4.79 Å². The van der Waals surface area contributed by atoms with Crippen molar-refractivity contribution in [3.63, 3.8) is 0 Å². The molecule has 0 spiro atoms. The molecule has 1 amide bonds. The molecule has 5 heteroatoms. The minimum absolute atomic E-state index is 0.0839. The molecule has 2 rings (SSSR count). The number of hydrogen-bond acceptors (Lipinski definition) is 3. The van der Waals surface area contributed by atoms with Gasteiger partial charge in [-0.25, -0.2) is 0 Å². The first-order chi connectivity index (χ1) is 6.66. The summed E-state index contributed by atoms with van der Waals surface area (Å²) < 4.78 is 3.48. The molecule has 0 fully saturated rings. The molecule has 2 aromatic rings. The number of amides is 1. The van der Waals surface area contributed by atoms with Gasteiger partial charge in [0.15, 0.2) is 0 Å². The third-order valence-electron chi connectivity index (χ3n) is 1.80. The highest BCUT2D eigenvalue weighted by Crippen LogP contribution is 2.19. The lowest BCUT2D eigenvalue weighted by atomic mass is 10.2. The molecule has 0 atom stereocenters. The number of hydrogen-bond donors (Lipinski definition) is 2. The topological polar surface area (TPSA) is 62.0 Å². The Hall–Kier alpha value is -1.62. The summed E-state index contributed by atoms with van der Waals surface area (Å²) in [5.74, 6) is -0.118. The van der Waals surface area contributed by atoms with Gasteiger partial charge in [-0.2, -0.15) is 0 Å². The van der Waals surface area contributed by atoms with Crippen LogP contribution in [0.4, 0.5) is 5.69 Å². The fourth-order valence-electron chi connectivity index (χ4n) is 1.23. The molecular formula is C9H8N2O2S. The largest absolute Gasteiger partial charge is 0.326 e. The molecule has 1 aromatic heterocycles. The van der Waals surface area contributed by atoms with E-state index < -0.39 is 0 Å². The second kappa shape index (κ2) is 3.26. The molecule has 0 radical (unpaired) electrons. The van der Waals surface area contributed by atoms with E-state index in [1.807, 2.05) is 0 Å². The van der Waals surface area contributed by atoms with Crippen LogP contribution in [-0.4, -0.2) is 10.3 Å². The minimum atomic E-state index is -0.118. The van der Waals surface area contributed by atoms with Crippen molar-refractivity contribution in [1.29, 1.82) is 0 Å². The van der Waals surface area contributed by atoms with E-state index >= 15 is 0 Å². The molecule has 0 aliphatic heterocycles. The summed E-state index contributed by atoms with van der Waals surface area (Å²) in [4.78, 5) is 22.0. The Morgan fingerprint density at radius 1 is 1.50 bits per heavy atom. The third-order valence-corrected chi connectivity index (χ3v) is 2.65. The number of carbonyl (C=O) groups is 1. The monoisotopic (exact) mass is 208 g/mol. The lowest BCUT2D eigenvalue weighted by molar-refractivity contribution is -0.114. The highest BCUT2D eigenvalue weighted by atomic mass is 32.1. The van der Waals surface area contributed by atoms with Crippen LogP contribution in [0.5, 0.6) is 0 Å². The fraction of sp³-hybridized carbons (Fsp3) is 0.111.